The minimum absolute atomic E-state index is 0.0272. The summed E-state index contributed by atoms with van der Waals surface area (Å²) in [4.78, 5) is 12.1. The van der Waals surface area contributed by atoms with Crippen LogP contribution >= 0.6 is 0 Å². The van der Waals surface area contributed by atoms with Crippen molar-refractivity contribution >= 4 is 11.6 Å². The molecule has 2 N–H and O–H groups in total. The molecule has 2 rings (SSSR count). The van der Waals surface area contributed by atoms with Gasteiger partial charge in [-0.15, -0.1) is 0 Å². The van der Waals surface area contributed by atoms with Gasteiger partial charge in [-0.05, 0) is 50.5 Å². The predicted octanol–water partition coefficient (Wildman–Crippen LogP) is 2.20. The fraction of sp³-hybridized carbons (Fsp3) is 0.533. The van der Waals surface area contributed by atoms with Gasteiger partial charge in [0.2, 0.25) is 0 Å². The molecule has 0 saturated heterocycles. The van der Waals surface area contributed by atoms with Gasteiger partial charge in [-0.1, -0.05) is 0 Å². The second-order valence-electron chi connectivity index (χ2n) is 4.94. The third-order valence-corrected chi connectivity index (χ3v) is 3.26. The molecule has 1 aliphatic rings. The van der Waals surface area contributed by atoms with Gasteiger partial charge in [-0.2, -0.15) is 0 Å². The van der Waals surface area contributed by atoms with Gasteiger partial charge in [0.15, 0.2) is 0 Å². The van der Waals surface area contributed by atoms with E-state index in [0.717, 1.165) is 30.6 Å². The third kappa shape index (κ3) is 3.70. The number of benzene rings is 1. The molecule has 1 aromatic rings. The Morgan fingerprint density at radius 1 is 1.53 bits per heavy atom. The quantitative estimate of drug-likeness (QED) is 0.855. The zero-order valence-corrected chi connectivity index (χ0v) is 11.7. The summed E-state index contributed by atoms with van der Waals surface area (Å²) in [6.45, 7) is 6.14. The number of nitrogens with one attached hydrogen (secondary N) is 2. The number of aryl methyl sites for hydroxylation is 1. The van der Waals surface area contributed by atoms with E-state index in [-0.39, 0.29) is 11.9 Å². The van der Waals surface area contributed by atoms with Crippen LogP contribution in [0, 0.1) is 0 Å². The fourth-order valence-electron chi connectivity index (χ4n) is 2.26. The Balaban J connectivity index is 1.99. The molecule has 1 aliphatic heterocycles. The van der Waals surface area contributed by atoms with E-state index in [1.807, 2.05) is 32.0 Å². The molecule has 19 heavy (non-hydrogen) atoms. The Bertz CT molecular complexity index is 446. The fourth-order valence-corrected chi connectivity index (χ4v) is 2.26. The molecule has 0 spiro atoms. The Hall–Kier alpha value is -1.55. The van der Waals surface area contributed by atoms with Crippen LogP contribution in [0.4, 0.5) is 5.69 Å². The summed E-state index contributed by atoms with van der Waals surface area (Å²) in [5.74, 6) is -0.0272. The number of hydrogen-bond acceptors (Lipinski definition) is 3. The molecule has 0 aromatic heterocycles. The summed E-state index contributed by atoms with van der Waals surface area (Å²) < 4.78 is 5.30. The van der Waals surface area contributed by atoms with Gasteiger partial charge < -0.3 is 15.4 Å². The Morgan fingerprint density at radius 2 is 2.37 bits per heavy atom. The van der Waals surface area contributed by atoms with Crippen molar-refractivity contribution < 1.29 is 9.53 Å². The third-order valence-electron chi connectivity index (χ3n) is 3.26. The van der Waals surface area contributed by atoms with E-state index in [4.69, 9.17) is 4.74 Å². The molecule has 0 bridgehead atoms. The van der Waals surface area contributed by atoms with Gasteiger partial charge in [0.25, 0.3) is 5.91 Å². The normalized spacial score (nSPS) is 15.3. The first-order valence-electron chi connectivity index (χ1n) is 6.96. The molecule has 1 amide bonds. The molecule has 0 radical (unpaired) electrons. The molecular formula is C15H22N2O2. The zero-order valence-electron chi connectivity index (χ0n) is 11.7. The van der Waals surface area contributed by atoms with Crippen molar-refractivity contribution in [1.29, 1.82) is 0 Å². The Kier molecular flexibility index (Phi) is 4.80. The number of ether oxygens (including phenoxy) is 1. The molecule has 0 aliphatic carbocycles. The number of amides is 1. The van der Waals surface area contributed by atoms with Crippen molar-refractivity contribution in [2.24, 2.45) is 0 Å². The molecule has 1 unspecified atom stereocenters. The number of fused-ring (bicyclic) bond motifs is 1. The molecule has 1 heterocycles. The summed E-state index contributed by atoms with van der Waals surface area (Å²) in [6, 6.07) is 5.89. The lowest BCUT2D eigenvalue weighted by molar-refractivity contribution is 0.0872. The smallest absolute Gasteiger partial charge is 0.251 e. The first kappa shape index (κ1) is 13.9. The standard InChI is InChI=1S/C15H22N2O2/c1-3-19-10-11(2)17-15(18)13-6-7-14-12(9-13)5-4-8-16-14/h6-7,9,11,16H,3-5,8,10H2,1-2H3,(H,17,18). The highest BCUT2D eigenvalue weighted by Gasteiger charge is 2.14. The molecular weight excluding hydrogens is 240 g/mol. The molecule has 104 valence electrons. The second-order valence-corrected chi connectivity index (χ2v) is 4.94. The van der Waals surface area contributed by atoms with Gasteiger partial charge in [0, 0.05) is 30.4 Å². The van der Waals surface area contributed by atoms with Crippen molar-refractivity contribution in [3.05, 3.63) is 29.3 Å². The lowest BCUT2D eigenvalue weighted by atomic mass is 10.0. The van der Waals surface area contributed by atoms with E-state index in [1.165, 1.54) is 5.56 Å². The predicted molar refractivity (Wildman–Crippen MR) is 76.7 cm³/mol. The molecule has 0 fully saturated rings. The number of carbonyl (C=O) groups excluding carboxylic acids is 1. The summed E-state index contributed by atoms with van der Waals surface area (Å²) in [5, 5.41) is 6.30. The monoisotopic (exact) mass is 262 g/mol. The number of rotatable bonds is 5. The van der Waals surface area contributed by atoms with Crippen LogP contribution in [0.2, 0.25) is 0 Å². The van der Waals surface area contributed by atoms with Crippen LogP contribution < -0.4 is 10.6 Å². The van der Waals surface area contributed by atoms with Crippen molar-refractivity contribution in [1.82, 2.24) is 5.32 Å². The molecule has 1 atom stereocenters. The van der Waals surface area contributed by atoms with Crippen LogP contribution in [-0.2, 0) is 11.2 Å². The molecule has 1 aromatic carbocycles. The second kappa shape index (κ2) is 6.57. The highest BCUT2D eigenvalue weighted by Crippen LogP contribution is 2.22. The van der Waals surface area contributed by atoms with E-state index in [2.05, 4.69) is 10.6 Å². The maximum Gasteiger partial charge on any atom is 0.251 e. The SMILES string of the molecule is CCOCC(C)NC(=O)c1ccc2c(c1)CCCN2. The average molecular weight is 262 g/mol. The summed E-state index contributed by atoms with van der Waals surface area (Å²) >= 11 is 0. The van der Waals surface area contributed by atoms with Gasteiger partial charge in [0.05, 0.1) is 6.61 Å². The topological polar surface area (TPSA) is 50.4 Å². The minimum atomic E-state index is -0.0272. The van der Waals surface area contributed by atoms with E-state index >= 15 is 0 Å². The molecule has 0 saturated carbocycles. The minimum Gasteiger partial charge on any atom is -0.385 e. The maximum absolute atomic E-state index is 12.1. The zero-order chi connectivity index (χ0) is 13.7. The lowest BCUT2D eigenvalue weighted by Gasteiger charge is -2.19. The van der Waals surface area contributed by atoms with Crippen LogP contribution in [-0.4, -0.2) is 31.7 Å². The largest absolute Gasteiger partial charge is 0.385 e. The van der Waals surface area contributed by atoms with Crippen molar-refractivity contribution in [3.63, 3.8) is 0 Å². The summed E-state index contributed by atoms with van der Waals surface area (Å²) in [6.07, 6.45) is 2.16. The van der Waals surface area contributed by atoms with E-state index < -0.39 is 0 Å². The summed E-state index contributed by atoms with van der Waals surface area (Å²) in [7, 11) is 0. The number of carbonyl (C=O) groups is 1. The van der Waals surface area contributed by atoms with Crippen LogP contribution in [0.3, 0.4) is 0 Å². The lowest BCUT2D eigenvalue weighted by Crippen LogP contribution is -2.36. The highest BCUT2D eigenvalue weighted by atomic mass is 16.5. The van der Waals surface area contributed by atoms with Gasteiger partial charge >= 0.3 is 0 Å². The van der Waals surface area contributed by atoms with E-state index in [9.17, 15) is 4.79 Å². The van der Waals surface area contributed by atoms with E-state index in [1.54, 1.807) is 0 Å². The van der Waals surface area contributed by atoms with Crippen molar-refractivity contribution in [2.45, 2.75) is 32.7 Å². The highest BCUT2D eigenvalue weighted by molar-refractivity contribution is 5.95. The van der Waals surface area contributed by atoms with Gasteiger partial charge in [-0.25, -0.2) is 0 Å². The van der Waals surface area contributed by atoms with Crippen molar-refractivity contribution in [2.75, 3.05) is 25.1 Å². The summed E-state index contributed by atoms with van der Waals surface area (Å²) in [5.41, 5.74) is 3.12. The van der Waals surface area contributed by atoms with Gasteiger partial charge in [0.1, 0.15) is 0 Å². The molecule has 4 nitrogen and oxygen atoms in total. The van der Waals surface area contributed by atoms with Crippen LogP contribution in [0.25, 0.3) is 0 Å². The first-order chi connectivity index (χ1) is 9.20. The Morgan fingerprint density at radius 3 is 3.16 bits per heavy atom. The van der Waals surface area contributed by atoms with Crippen LogP contribution in [0.15, 0.2) is 18.2 Å². The average Bonchev–Trinajstić information content (AvgIpc) is 2.44. The Labute approximate surface area is 114 Å². The van der Waals surface area contributed by atoms with E-state index in [0.29, 0.717) is 13.2 Å². The van der Waals surface area contributed by atoms with Crippen LogP contribution in [0.5, 0.6) is 0 Å². The number of hydrogen-bond donors (Lipinski definition) is 2. The molecule has 4 heteroatoms. The van der Waals surface area contributed by atoms with Gasteiger partial charge in [-0.3, -0.25) is 4.79 Å². The first-order valence-corrected chi connectivity index (χ1v) is 6.96. The van der Waals surface area contributed by atoms with Crippen LogP contribution in [0.1, 0.15) is 36.2 Å². The van der Waals surface area contributed by atoms with Crippen molar-refractivity contribution in [3.8, 4) is 0 Å². The number of anilines is 1. The maximum atomic E-state index is 12.1.